The van der Waals surface area contributed by atoms with Crippen LogP contribution in [0.2, 0.25) is 25.7 Å². The lowest BCUT2D eigenvalue weighted by Gasteiger charge is -2.15. The summed E-state index contributed by atoms with van der Waals surface area (Å²) in [6.45, 7) is 8.17. The second-order valence-electron chi connectivity index (χ2n) is 6.15. The van der Waals surface area contributed by atoms with Crippen molar-refractivity contribution in [2.75, 3.05) is 6.61 Å². The number of aromatic nitrogens is 2. The fraction of sp³-hybridized carbons (Fsp3) is 0.429. The maximum Gasteiger partial charge on any atom is 0.248 e. The van der Waals surface area contributed by atoms with Crippen LogP contribution < -0.4 is 5.73 Å². The van der Waals surface area contributed by atoms with Crippen LogP contribution in [0.5, 0.6) is 0 Å². The van der Waals surface area contributed by atoms with Crippen LogP contribution in [0.1, 0.15) is 10.4 Å². The molecule has 20 heavy (non-hydrogen) atoms. The molecule has 5 nitrogen and oxygen atoms in total. The zero-order valence-electron chi connectivity index (χ0n) is 12.2. The Kier molecular flexibility index (Phi) is 4.25. The van der Waals surface area contributed by atoms with Crippen molar-refractivity contribution in [3.05, 3.63) is 30.0 Å². The molecule has 0 saturated heterocycles. The quantitative estimate of drug-likeness (QED) is 0.656. The molecule has 0 bridgehead atoms. The predicted molar refractivity (Wildman–Crippen MR) is 82.4 cm³/mol. The third-order valence-corrected chi connectivity index (χ3v) is 4.76. The third-order valence-electron chi connectivity index (χ3n) is 3.06. The van der Waals surface area contributed by atoms with Gasteiger partial charge in [-0.25, -0.2) is 4.68 Å². The maximum absolute atomic E-state index is 11.1. The smallest absolute Gasteiger partial charge is 0.248 e. The molecule has 0 atom stereocenters. The lowest BCUT2D eigenvalue weighted by Crippen LogP contribution is -2.22. The summed E-state index contributed by atoms with van der Waals surface area (Å²) in [5.74, 6) is -0.437. The monoisotopic (exact) mass is 291 g/mol. The van der Waals surface area contributed by atoms with Crippen molar-refractivity contribution >= 4 is 24.9 Å². The van der Waals surface area contributed by atoms with Gasteiger partial charge < -0.3 is 10.5 Å². The topological polar surface area (TPSA) is 70.1 Å². The van der Waals surface area contributed by atoms with E-state index in [0.29, 0.717) is 12.3 Å². The number of benzene rings is 1. The van der Waals surface area contributed by atoms with Gasteiger partial charge in [-0.05, 0) is 18.2 Å². The molecule has 0 spiro atoms. The van der Waals surface area contributed by atoms with Crippen molar-refractivity contribution < 1.29 is 9.53 Å². The van der Waals surface area contributed by atoms with Crippen molar-refractivity contribution in [1.82, 2.24) is 9.78 Å². The van der Waals surface area contributed by atoms with Gasteiger partial charge in [-0.2, -0.15) is 5.10 Å². The van der Waals surface area contributed by atoms with Gasteiger partial charge in [0.15, 0.2) is 0 Å². The zero-order chi connectivity index (χ0) is 14.8. The number of primary amides is 1. The van der Waals surface area contributed by atoms with E-state index < -0.39 is 14.0 Å². The summed E-state index contributed by atoms with van der Waals surface area (Å²) in [5, 5.41) is 5.36. The Morgan fingerprint density at radius 1 is 1.40 bits per heavy atom. The lowest BCUT2D eigenvalue weighted by atomic mass is 10.1. The molecule has 0 saturated carbocycles. The number of fused-ring (bicyclic) bond motifs is 1. The number of ether oxygens (including phenoxy) is 1. The molecule has 0 aliphatic rings. The summed E-state index contributed by atoms with van der Waals surface area (Å²) < 4.78 is 7.40. The average molecular weight is 291 g/mol. The van der Waals surface area contributed by atoms with Crippen molar-refractivity contribution in [2.45, 2.75) is 32.4 Å². The number of rotatable bonds is 6. The molecule has 0 fully saturated rings. The Labute approximate surface area is 119 Å². The number of hydrogen-bond acceptors (Lipinski definition) is 3. The Morgan fingerprint density at radius 2 is 2.15 bits per heavy atom. The molecule has 108 valence electrons. The van der Waals surface area contributed by atoms with Gasteiger partial charge in [0.25, 0.3) is 0 Å². The highest BCUT2D eigenvalue weighted by molar-refractivity contribution is 6.76. The maximum atomic E-state index is 11.1. The molecule has 1 heterocycles. The lowest BCUT2D eigenvalue weighted by molar-refractivity contribution is 0.0791. The fourth-order valence-electron chi connectivity index (χ4n) is 1.82. The van der Waals surface area contributed by atoms with Crippen LogP contribution >= 0.6 is 0 Å². The van der Waals surface area contributed by atoms with Crippen LogP contribution in [-0.4, -0.2) is 30.4 Å². The summed E-state index contributed by atoms with van der Waals surface area (Å²) >= 11 is 0. The number of carbonyl (C=O) groups excluding carboxylic acids is 1. The first kappa shape index (κ1) is 14.7. The van der Waals surface area contributed by atoms with Crippen LogP contribution in [0.15, 0.2) is 24.4 Å². The van der Waals surface area contributed by atoms with Crippen LogP contribution in [-0.2, 0) is 11.5 Å². The molecule has 0 aliphatic heterocycles. The molecule has 0 unspecified atom stereocenters. The zero-order valence-corrected chi connectivity index (χ0v) is 13.2. The number of carbonyl (C=O) groups is 1. The van der Waals surface area contributed by atoms with E-state index in [-0.39, 0.29) is 0 Å². The Hall–Kier alpha value is -1.66. The third kappa shape index (κ3) is 3.91. The molecule has 2 N–H and O–H groups in total. The summed E-state index contributed by atoms with van der Waals surface area (Å²) in [6.07, 6.45) is 1.91. The first-order valence-corrected chi connectivity index (χ1v) is 10.4. The summed E-state index contributed by atoms with van der Waals surface area (Å²) in [4.78, 5) is 11.1. The van der Waals surface area contributed by atoms with Crippen molar-refractivity contribution in [3.8, 4) is 0 Å². The Morgan fingerprint density at radius 3 is 2.80 bits per heavy atom. The summed E-state index contributed by atoms with van der Waals surface area (Å²) in [6, 6.07) is 6.40. The number of nitrogens with zero attached hydrogens (tertiary/aromatic N) is 2. The molecule has 6 heteroatoms. The Balaban J connectivity index is 1.99. The first-order valence-electron chi connectivity index (χ1n) is 6.70. The fourth-order valence-corrected chi connectivity index (χ4v) is 2.58. The van der Waals surface area contributed by atoms with Crippen molar-refractivity contribution in [3.63, 3.8) is 0 Å². The van der Waals surface area contributed by atoms with E-state index in [2.05, 4.69) is 24.7 Å². The average Bonchev–Trinajstić information content (AvgIpc) is 2.75. The predicted octanol–water partition coefficient (Wildman–Crippen LogP) is 2.45. The molecular formula is C14H21N3O2Si. The van der Waals surface area contributed by atoms with Gasteiger partial charge in [0.2, 0.25) is 5.91 Å². The van der Waals surface area contributed by atoms with E-state index in [4.69, 9.17) is 10.5 Å². The number of nitrogens with two attached hydrogens (primary N) is 1. The number of hydrogen-bond donors (Lipinski definition) is 1. The van der Waals surface area contributed by atoms with E-state index in [1.807, 2.05) is 12.3 Å². The molecule has 1 amide bonds. The highest BCUT2D eigenvalue weighted by atomic mass is 28.3. The molecule has 2 rings (SSSR count). The largest absolute Gasteiger partial charge is 0.366 e. The van der Waals surface area contributed by atoms with Gasteiger partial charge in [-0.1, -0.05) is 25.7 Å². The van der Waals surface area contributed by atoms with Crippen LogP contribution in [0, 0.1) is 0 Å². The molecule has 1 aromatic carbocycles. The molecule has 2 aromatic rings. The SMILES string of the molecule is C[Si](C)(C)CCOCn1cc2ccc(C(N)=O)cc2n1. The van der Waals surface area contributed by atoms with E-state index in [1.165, 1.54) is 0 Å². The summed E-state index contributed by atoms with van der Waals surface area (Å²) in [5.41, 5.74) is 6.49. The van der Waals surface area contributed by atoms with Crippen molar-refractivity contribution in [2.24, 2.45) is 5.73 Å². The van der Waals surface area contributed by atoms with Crippen LogP contribution in [0.25, 0.3) is 10.9 Å². The second kappa shape index (κ2) is 5.76. The molecular weight excluding hydrogens is 270 g/mol. The van der Waals surface area contributed by atoms with Gasteiger partial charge >= 0.3 is 0 Å². The van der Waals surface area contributed by atoms with E-state index in [9.17, 15) is 4.79 Å². The van der Waals surface area contributed by atoms with E-state index in [1.54, 1.807) is 16.8 Å². The van der Waals surface area contributed by atoms with Gasteiger partial charge in [0, 0.05) is 31.8 Å². The van der Waals surface area contributed by atoms with E-state index >= 15 is 0 Å². The van der Waals surface area contributed by atoms with Gasteiger partial charge in [-0.15, -0.1) is 0 Å². The second-order valence-corrected chi connectivity index (χ2v) is 11.8. The standard InChI is InChI=1S/C14H21N3O2Si/c1-20(2,3)7-6-19-10-17-9-12-5-4-11(14(15)18)8-13(12)16-17/h4-5,8-9H,6-7,10H2,1-3H3,(H2,15,18). The Bertz CT molecular complexity index is 616. The summed E-state index contributed by atoms with van der Waals surface area (Å²) in [7, 11) is -1.05. The van der Waals surface area contributed by atoms with Crippen molar-refractivity contribution in [1.29, 1.82) is 0 Å². The van der Waals surface area contributed by atoms with Gasteiger partial charge in [0.05, 0.1) is 5.52 Å². The first-order chi connectivity index (χ1) is 9.35. The highest BCUT2D eigenvalue weighted by Gasteiger charge is 2.12. The highest BCUT2D eigenvalue weighted by Crippen LogP contribution is 2.14. The van der Waals surface area contributed by atoms with Crippen LogP contribution in [0.3, 0.4) is 0 Å². The van der Waals surface area contributed by atoms with Crippen LogP contribution in [0.4, 0.5) is 0 Å². The minimum atomic E-state index is -1.05. The molecule has 0 aliphatic carbocycles. The normalized spacial score (nSPS) is 11.9. The number of amides is 1. The van der Waals surface area contributed by atoms with Gasteiger partial charge in [-0.3, -0.25) is 4.79 Å². The molecule has 1 aromatic heterocycles. The minimum absolute atomic E-state index is 0.436. The van der Waals surface area contributed by atoms with E-state index in [0.717, 1.165) is 23.6 Å². The van der Waals surface area contributed by atoms with Gasteiger partial charge in [0.1, 0.15) is 6.73 Å². The minimum Gasteiger partial charge on any atom is -0.366 e. The molecule has 0 radical (unpaired) electrons.